The van der Waals surface area contributed by atoms with Crippen LogP contribution in [-0.2, 0) is 11.3 Å². The van der Waals surface area contributed by atoms with Crippen LogP contribution in [0.15, 0.2) is 24.5 Å². The molecule has 0 spiro atoms. The first-order chi connectivity index (χ1) is 9.76. The van der Waals surface area contributed by atoms with Crippen molar-refractivity contribution in [3.05, 3.63) is 35.7 Å². The third-order valence-corrected chi connectivity index (χ3v) is 2.31. The second-order valence-electron chi connectivity index (χ2n) is 3.35. The SMILES string of the molecule is CC.CCOC(=O)c1cnn2cc(CN)ccc12.NO. The number of rotatable bonds is 3. The number of fused-ring (bicyclic) bond motifs is 1. The number of hydrogen-bond donors (Lipinski definition) is 3. The van der Waals surface area contributed by atoms with Crippen molar-refractivity contribution >= 4 is 11.5 Å². The number of pyridine rings is 1. The lowest BCUT2D eigenvalue weighted by Gasteiger charge is -2.01. The molecule has 5 N–H and O–H groups in total. The first-order valence-corrected chi connectivity index (χ1v) is 6.35. The first-order valence-electron chi connectivity index (χ1n) is 6.35. The van der Waals surface area contributed by atoms with Crippen molar-refractivity contribution in [1.82, 2.24) is 9.61 Å². The second-order valence-corrected chi connectivity index (χ2v) is 3.35. The summed E-state index contributed by atoms with van der Waals surface area (Å²) in [5.74, 6) is 3.15. The molecule has 0 aliphatic heterocycles. The topological polar surface area (TPSA) is 116 Å². The van der Waals surface area contributed by atoms with Crippen LogP contribution < -0.4 is 11.6 Å². The van der Waals surface area contributed by atoms with Crippen molar-refractivity contribution in [3.63, 3.8) is 0 Å². The van der Waals surface area contributed by atoms with E-state index in [-0.39, 0.29) is 5.97 Å². The van der Waals surface area contributed by atoms with Gasteiger partial charge in [-0.15, -0.1) is 0 Å². The molecular formula is C13H22N4O3. The fourth-order valence-corrected chi connectivity index (χ4v) is 1.51. The van der Waals surface area contributed by atoms with Crippen molar-refractivity contribution in [2.75, 3.05) is 6.61 Å². The van der Waals surface area contributed by atoms with Crippen LogP contribution in [0.5, 0.6) is 0 Å². The van der Waals surface area contributed by atoms with Gasteiger partial charge in [-0.25, -0.2) is 15.2 Å². The highest BCUT2D eigenvalue weighted by Crippen LogP contribution is 2.13. The van der Waals surface area contributed by atoms with Gasteiger partial charge in [0.2, 0.25) is 0 Å². The molecule has 2 rings (SSSR count). The highest BCUT2D eigenvalue weighted by atomic mass is 16.5. The summed E-state index contributed by atoms with van der Waals surface area (Å²) in [5.41, 5.74) is 7.70. The Morgan fingerprint density at radius 2 is 2.05 bits per heavy atom. The predicted molar refractivity (Wildman–Crippen MR) is 76.4 cm³/mol. The average molecular weight is 282 g/mol. The zero-order valence-electron chi connectivity index (χ0n) is 12.0. The molecule has 7 nitrogen and oxygen atoms in total. The van der Waals surface area contributed by atoms with Gasteiger partial charge in [-0.3, -0.25) is 0 Å². The minimum absolute atomic E-state index is 0.349. The van der Waals surface area contributed by atoms with Gasteiger partial charge in [-0.1, -0.05) is 19.9 Å². The third kappa shape index (κ3) is 4.30. The molecule has 0 bridgehead atoms. The van der Waals surface area contributed by atoms with E-state index in [9.17, 15) is 4.79 Å². The number of hydrogen-bond acceptors (Lipinski definition) is 6. The van der Waals surface area contributed by atoms with Gasteiger partial charge in [0.25, 0.3) is 0 Å². The Morgan fingerprint density at radius 3 is 2.60 bits per heavy atom. The van der Waals surface area contributed by atoms with Gasteiger partial charge < -0.3 is 15.7 Å². The van der Waals surface area contributed by atoms with Crippen LogP contribution in [0.1, 0.15) is 36.7 Å². The summed E-state index contributed by atoms with van der Waals surface area (Å²) in [7, 11) is 0. The van der Waals surface area contributed by atoms with Gasteiger partial charge in [0, 0.05) is 12.7 Å². The van der Waals surface area contributed by atoms with Crippen LogP contribution in [0.2, 0.25) is 0 Å². The number of carbonyl (C=O) groups excluding carboxylic acids is 1. The molecule has 7 heteroatoms. The Labute approximate surface area is 118 Å². The first kappa shape index (κ1) is 18.0. The van der Waals surface area contributed by atoms with Crippen molar-refractivity contribution in [2.45, 2.75) is 27.3 Å². The molecule has 0 fully saturated rings. The van der Waals surface area contributed by atoms with E-state index in [0.29, 0.717) is 18.7 Å². The molecule has 0 aromatic carbocycles. The number of nitrogens with two attached hydrogens (primary N) is 2. The maximum atomic E-state index is 11.6. The number of esters is 1. The Kier molecular flexibility index (Phi) is 8.93. The van der Waals surface area contributed by atoms with Crippen LogP contribution in [0.25, 0.3) is 5.52 Å². The van der Waals surface area contributed by atoms with Gasteiger partial charge in [0.05, 0.1) is 18.3 Å². The molecule has 2 heterocycles. The van der Waals surface area contributed by atoms with E-state index < -0.39 is 0 Å². The average Bonchev–Trinajstić information content (AvgIpc) is 2.94. The summed E-state index contributed by atoms with van der Waals surface area (Å²) >= 11 is 0. The molecule has 0 atom stereocenters. The summed E-state index contributed by atoms with van der Waals surface area (Å²) < 4.78 is 6.57. The van der Waals surface area contributed by atoms with Crippen molar-refractivity contribution in [1.29, 1.82) is 0 Å². The summed E-state index contributed by atoms with van der Waals surface area (Å²) in [6.45, 7) is 6.58. The molecular weight excluding hydrogens is 260 g/mol. The molecule has 2 aromatic heterocycles. The van der Waals surface area contributed by atoms with E-state index in [1.807, 2.05) is 26.0 Å². The number of carbonyl (C=O) groups is 1. The third-order valence-electron chi connectivity index (χ3n) is 2.31. The van der Waals surface area contributed by atoms with Gasteiger partial charge in [0.15, 0.2) is 0 Å². The number of aromatic nitrogens is 2. The lowest BCUT2D eigenvalue weighted by molar-refractivity contribution is 0.0528. The molecule has 0 aliphatic rings. The summed E-state index contributed by atoms with van der Waals surface area (Å²) in [5, 5.41) is 10.6. The number of ether oxygens (including phenoxy) is 1. The smallest absolute Gasteiger partial charge is 0.341 e. The normalized spacial score (nSPS) is 9.10. The van der Waals surface area contributed by atoms with E-state index in [1.165, 1.54) is 6.20 Å². The fraction of sp³-hybridized carbons (Fsp3) is 0.385. The van der Waals surface area contributed by atoms with E-state index in [1.54, 1.807) is 17.6 Å². The highest BCUT2D eigenvalue weighted by Gasteiger charge is 2.13. The Morgan fingerprint density at radius 1 is 1.40 bits per heavy atom. The summed E-state index contributed by atoms with van der Waals surface area (Å²) in [6, 6.07) is 3.70. The van der Waals surface area contributed by atoms with Crippen LogP contribution >= 0.6 is 0 Å². The molecule has 112 valence electrons. The van der Waals surface area contributed by atoms with Crippen LogP contribution in [0, 0.1) is 0 Å². The molecule has 0 saturated carbocycles. The van der Waals surface area contributed by atoms with Gasteiger partial charge in [0.1, 0.15) is 5.56 Å². The van der Waals surface area contributed by atoms with Crippen molar-refractivity contribution < 1.29 is 14.7 Å². The largest absolute Gasteiger partial charge is 0.462 e. The summed E-state index contributed by atoms with van der Waals surface area (Å²) in [4.78, 5) is 11.6. The quantitative estimate of drug-likeness (QED) is 0.577. The standard InChI is InChI=1S/C11H13N3O2.C2H6.H3NO/c1-2-16-11(15)9-6-13-14-7-8(5-12)3-4-10(9)14;2*1-2/h3-4,6-7H,2,5,12H2,1H3;1-2H3;2H,1H2. The lowest BCUT2D eigenvalue weighted by atomic mass is 10.2. The van der Waals surface area contributed by atoms with Crippen LogP contribution in [0.4, 0.5) is 0 Å². The number of nitrogens with zero attached hydrogens (tertiary/aromatic N) is 2. The van der Waals surface area contributed by atoms with Gasteiger partial charge >= 0.3 is 5.97 Å². The van der Waals surface area contributed by atoms with Crippen LogP contribution in [0.3, 0.4) is 0 Å². The van der Waals surface area contributed by atoms with Gasteiger partial charge in [-0.2, -0.15) is 5.10 Å². The molecule has 2 aromatic rings. The zero-order chi connectivity index (χ0) is 15.5. The molecule has 0 amide bonds. The van der Waals surface area contributed by atoms with Crippen LogP contribution in [-0.4, -0.2) is 27.4 Å². The highest BCUT2D eigenvalue weighted by molar-refractivity contribution is 5.96. The van der Waals surface area contributed by atoms with Crippen molar-refractivity contribution in [3.8, 4) is 0 Å². The molecule has 0 saturated heterocycles. The Balaban J connectivity index is 0.000000829. The maximum Gasteiger partial charge on any atom is 0.341 e. The molecule has 20 heavy (non-hydrogen) atoms. The van der Waals surface area contributed by atoms with Crippen molar-refractivity contribution in [2.24, 2.45) is 11.6 Å². The van der Waals surface area contributed by atoms with E-state index in [4.69, 9.17) is 15.7 Å². The monoisotopic (exact) mass is 282 g/mol. The minimum Gasteiger partial charge on any atom is -0.462 e. The minimum atomic E-state index is -0.349. The predicted octanol–water partition coefficient (Wildman–Crippen LogP) is 1.33. The Bertz CT molecular complexity index is 525. The lowest BCUT2D eigenvalue weighted by Crippen LogP contribution is -2.04. The van der Waals surface area contributed by atoms with E-state index >= 15 is 0 Å². The Hall–Kier alpha value is -1.96. The maximum absolute atomic E-state index is 11.6. The molecule has 0 radical (unpaired) electrons. The second kappa shape index (κ2) is 9.90. The molecule has 0 aliphatic carbocycles. The zero-order valence-corrected chi connectivity index (χ0v) is 12.0. The van der Waals surface area contributed by atoms with E-state index in [0.717, 1.165) is 11.1 Å². The fourth-order valence-electron chi connectivity index (χ4n) is 1.51. The van der Waals surface area contributed by atoms with Gasteiger partial charge in [-0.05, 0) is 18.6 Å². The summed E-state index contributed by atoms with van der Waals surface area (Å²) in [6.07, 6.45) is 3.31. The molecule has 0 unspecified atom stereocenters. The van der Waals surface area contributed by atoms with E-state index in [2.05, 4.69) is 11.0 Å².